The first kappa shape index (κ1) is 18.1. The lowest BCUT2D eigenvalue weighted by Crippen LogP contribution is -2.23. The van der Waals surface area contributed by atoms with E-state index in [0.29, 0.717) is 10.8 Å². The molecule has 0 fully saturated rings. The molecule has 4 rings (SSSR count). The first-order chi connectivity index (χ1) is 13.3. The summed E-state index contributed by atoms with van der Waals surface area (Å²) >= 11 is 0. The Labute approximate surface area is 160 Å². The van der Waals surface area contributed by atoms with E-state index in [9.17, 15) is 13.2 Å². The van der Waals surface area contributed by atoms with Gasteiger partial charge in [-0.15, -0.1) is 0 Å². The van der Waals surface area contributed by atoms with Gasteiger partial charge in [0.2, 0.25) is 9.84 Å². The Kier molecular flexibility index (Phi) is 4.15. The summed E-state index contributed by atoms with van der Waals surface area (Å²) in [6, 6.07) is 4.41. The van der Waals surface area contributed by atoms with Gasteiger partial charge >= 0.3 is 0 Å². The molecule has 0 bridgehead atoms. The number of aryl methyl sites for hydroxylation is 2. The van der Waals surface area contributed by atoms with E-state index >= 15 is 0 Å². The lowest BCUT2D eigenvalue weighted by molar-refractivity contribution is 0.596. The molecule has 0 aliphatic rings. The molecule has 0 spiro atoms. The Morgan fingerprint density at radius 1 is 1.11 bits per heavy atom. The minimum atomic E-state index is -3.72. The number of H-pyrrole nitrogens is 1. The molecule has 0 atom stereocenters. The van der Waals surface area contributed by atoms with Crippen molar-refractivity contribution in [1.82, 2.24) is 29.8 Å². The van der Waals surface area contributed by atoms with Crippen molar-refractivity contribution in [2.75, 3.05) is 0 Å². The van der Waals surface area contributed by atoms with Gasteiger partial charge in [-0.3, -0.25) is 14.6 Å². The lowest BCUT2D eigenvalue weighted by atomic mass is 10.2. The maximum absolute atomic E-state index is 12.8. The second kappa shape index (κ2) is 6.41. The van der Waals surface area contributed by atoms with Crippen LogP contribution in [-0.4, -0.2) is 38.2 Å². The number of hydrogen-bond donors (Lipinski definition) is 1. The molecular weight excluding hydrogens is 380 g/mol. The molecule has 1 aromatic carbocycles. The molecule has 1 N–H and O–H groups in total. The Morgan fingerprint density at radius 2 is 1.89 bits per heavy atom. The van der Waals surface area contributed by atoms with E-state index in [1.807, 2.05) is 13.8 Å². The predicted molar refractivity (Wildman–Crippen MR) is 102 cm³/mol. The Hall–Kier alpha value is -3.27. The van der Waals surface area contributed by atoms with Crippen LogP contribution in [0, 0.1) is 13.8 Å². The molecule has 4 aromatic rings. The fourth-order valence-electron chi connectivity index (χ4n) is 2.95. The van der Waals surface area contributed by atoms with Crippen LogP contribution >= 0.6 is 0 Å². The van der Waals surface area contributed by atoms with Crippen molar-refractivity contribution in [2.24, 2.45) is 7.05 Å². The van der Waals surface area contributed by atoms with Crippen molar-refractivity contribution in [3.8, 4) is 0 Å². The van der Waals surface area contributed by atoms with E-state index in [-0.39, 0.29) is 21.9 Å². The first-order valence-electron chi connectivity index (χ1n) is 8.51. The van der Waals surface area contributed by atoms with Gasteiger partial charge in [-0.25, -0.2) is 13.1 Å². The fraction of sp³-hybridized carbons (Fsp3) is 0.222. The molecule has 0 radical (unpaired) electrons. The lowest BCUT2D eigenvalue weighted by Gasteiger charge is -2.07. The van der Waals surface area contributed by atoms with Crippen LogP contribution in [0.4, 0.5) is 0 Å². The number of sulfone groups is 1. The van der Waals surface area contributed by atoms with E-state index in [4.69, 9.17) is 0 Å². The maximum atomic E-state index is 12.8. The molecule has 28 heavy (non-hydrogen) atoms. The monoisotopic (exact) mass is 398 g/mol. The molecule has 10 heteroatoms. The highest BCUT2D eigenvalue weighted by Gasteiger charge is 2.20. The summed E-state index contributed by atoms with van der Waals surface area (Å²) in [6.45, 7) is 4.07. The van der Waals surface area contributed by atoms with Crippen molar-refractivity contribution in [3.63, 3.8) is 0 Å². The standard InChI is InChI=1S/C18H18N6O3S/c1-11-12(2)21-22-17(11)10-24-18(25)16-5-4-14(6-13(16)7-20-24)28(26,27)15-8-19-23(3)9-15/h4-9H,10H2,1-3H3,(H,21,22). The van der Waals surface area contributed by atoms with Crippen molar-refractivity contribution in [1.29, 1.82) is 0 Å². The highest BCUT2D eigenvalue weighted by molar-refractivity contribution is 7.91. The van der Waals surface area contributed by atoms with Crippen LogP contribution in [0.5, 0.6) is 0 Å². The van der Waals surface area contributed by atoms with Crippen LogP contribution in [-0.2, 0) is 23.4 Å². The Bertz CT molecular complexity index is 1360. The van der Waals surface area contributed by atoms with Crippen LogP contribution in [0.3, 0.4) is 0 Å². The molecule has 0 saturated carbocycles. The third-order valence-corrected chi connectivity index (χ3v) is 6.49. The van der Waals surface area contributed by atoms with Gasteiger partial charge in [0.05, 0.1) is 34.9 Å². The van der Waals surface area contributed by atoms with Crippen LogP contribution < -0.4 is 5.56 Å². The van der Waals surface area contributed by atoms with E-state index in [1.54, 1.807) is 7.05 Å². The van der Waals surface area contributed by atoms with E-state index in [1.165, 1.54) is 46.2 Å². The third kappa shape index (κ3) is 2.91. The zero-order valence-corrected chi connectivity index (χ0v) is 16.4. The maximum Gasteiger partial charge on any atom is 0.274 e. The second-order valence-corrected chi connectivity index (χ2v) is 8.58. The quantitative estimate of drug-likeness (QED) is 0.555. The summed E-state index contributed by atoms with van der Waals surface area (Å²) in [7, 11) is -2.07. The van der Waals surface area contributed by atoms with Crippen molar-refractivity contribution >= 4 is 20.6 Å². The van der Waals surface area contributed by atoms with Gasteiger partial charge in [0.25, 0.3) is 5.56 Å². The Balaban J connectivity index is 1.76. The Morgan fingerprint density at radius 3 is 2.54 bits per heavy atom. The molecule has 0 amide bonds. The van der Waals surface area contributed by atoms with Gasteiger partial charge in [-0.05, 0) is 37.6 Å². The number of aromatic amines is 1. The topological polar surface area (TPSA) is 116 Å². The number of nitrogens with one attached hydrogen (secondary N) is 1. The summed E-state index contributed by atoms with van der Waals surface area (Å²) in [5.74, 6) is 0. The number of nitrogens with zero attached hydrogens (tertiary/aromatic N) is 5. The number of aromatic nitrogens is 6. The van der Waals surface area contributed by atoms with E-state index in [0.717, 1.165) is 17.0 Å². The molecular formula is C18H18N6O3S. The highest BCUT2D eigenvalue weighted by atomic mass is 32.2. The number of hydrogen-bond acceptors (Lipinski definition) is 6. The predicted octanol–water partition coefficient (Wildman–Crippen LogP) is 1.35. The molecule has 9 nitrogen and oxygen atoms in total. The average Bonchev–Trinajstić information content (AvgIpc) is 3.25. The SMILES string of the molecule is Cc1[nH]nc(Cn2ncc3cc(S(=O)(=O)c4cnn(C)c4)ccc3c2=O)c1C. The zero-order chi connectivity index (χ0) is 20.1. The normalized spacial score (nSPS) is 12.0. The minimum Gasteiger partial charge on any atom is -0.282 e. The number of rotatable bonds is 4. The molecule has 0 aliphatic heterocycles. The molecule has 144 valence electrons. The van der Waals surface area contributed by atoms with E-state index in [2.05, 4.69) is 20.4 Å². The van der Waals surface area contributed by atoms with Gasteiger partial charge in [-0.2, -0.15) is 15.3 Å². The molecule has 0 saturated heterocycles. The van der Waals surface area contributed by atoms with Crippen molar-refractivity contribution in [3.05, 3.63) is 64.1 Å². The van der Waals surface area contributed by atoms with Crippen LogP contribution in [0.1, 0.15) is 17.0 Å². The fourth-order valence-corrected chi connectivity index (χ4v) is 4.23. The van der Waals surface area contributed by atoms with Crippen molar-refractivity contribution < 1.29 is 8.42 Å². The molecule has 0 unspecified atom stereocenters. The summed E-state index contributed by atoms with van der Waals surface area (Å²) in [5, 5.41) is 16.0. The zero-order valence-electron chi connectivity index (χ0n) is 15.5. The number of fused-ring (bicyclic) bond motifs is 1. The largest absolute Gasteiger partial charge is 0.282 e. The van der Waals surface area contributed by atoms with Crippen LogP contribution in [0.2, 0.25) is 0 Å². The first-order valence-corrected chi connectivity index (χ1v) is 10.00. The summed E-state index contributed by atoms with van der Waals surface area (Å²) in [4.78, 5) is 13.0. The number of benzene rings is 1. The molecule has 3 aromatic heterocycles. The smallest absolute Gasteiger partial charge is 0.274 e. The van der Waals surface area contributed by atoms with E-state index < -0.39 is 9.84 Å². The third-order valence-electron chi connectivity index (χ3n) is 4.78. The average molecular weight is 398 g/mol. The van der Waals surface area contributed by atoms with Crippen molar-refractivity contribution in [2.45, 2.75) is 30.2 Å². The van der Waals surface area contributed by atoms with Gasteiger partial charge in [-0.1, -0.05) is 0 Å². The minimum absolute atomic E-state index is 0.0886. The van der Waals surface area contributed by atoms with Crippen LogP contribution in [0.25, 0.3) is 10.8 Å². The van der Waals surface area contributed by atoms with Gasteiger partial charge in [0.15, 0.2) is 0 Å². The van der Waals surface area contributed by atoms with Gasteiger partial charge in [0, 0.05) is 24.3 Å². The molecule has 0 aliphatic carbocycles. The highest BCUT2D eigenvalue weighted by Crippen LogP contribution is 2.23. The summed E-state index contributed by atoms with van der Waals surface area (Å²) < 4.78 is 28.3. The van der Waals surface area contributed by atoms with Gasteiger partial charge in [0.1, 0.15) is 4.90 Å². The molecule has 3 heterocycles. The van der Waals surface area contributed by atoms with Crippen LogP contribution in [0.15, 0.2) is 51.4 Å². The van der Waals surface area contributed by atoms with Gasteiger partial charge < -0.3 is 0 Å². The summed E-state index contributed by atoms with van der Waals surface area (Å²) in [6.07, 6.45) is 4.22. The summed E-state index contributed by atoms with van der Waals surface area (Å²) in [5.41, 5.74) is 2.35. The second-order valence-electron chi connectivity index (χ2n) is 6.63.